The first-order chi connectivity index (χ1) is 19.4. The molecule has 214 valence electrons. The number of carbonyl (C=O) groups excluding carboxylic acids is 1. The van der Waals surface area contributed by atoms with Gasteiger partial charge in [0, 0.05) is 44.9 Å². The van der Waals surface area contributed by atoms with Gasteiger partial charge in [-0.1, -0.05) is 30.3 Å². The summed E-state index contributed by atoms with van der Waals surface area (Å²) in [5.74, 6) is -0.245. The van der Waals surface area contributed by atoms with E-state index < -0.39 is 11.7 Å². The molecule has 2 aromatic heterocycles. The van der Waals surface area contributed by atoms with Crippen molar-refractivity contribution in [1.29, 1.82) is 5.41 Å². The monoisotopic (exact) mass is 560 g/mol. The van der Waals surface area contributed by atoms with E-state index in [2.05, 4.69) is 20.1 Å². The lowest BCUT2D eigenvalue weighted by Gasteiger charge is -2.18. The second-order valence-electron chi connectivity index (χ2n) is 9.32. The minimum absolute atomic E-state index is 0.0122. The van der Waals surface area contributed by atoms with Crippen LogP contribution in [0.3, 0.4) is 0 Å². The average Bonchev–Trinajstić information content (AvgIpc) is 3.31. The SMILES string of the molecule is CC(=O)O.Cc1cc(OCC(=O)N(C)C)cc(C(Cc2ccc(C(=N)N)cc2)c2nn(-c3ncccn3)c(=O)[nH]2)c1. The quantitative estimate of drug-likeness (QED) is 0.175. The molecular formula is C28H32N8O5. The summed E-state index contributed by atoms with van der Waals surface area (Å²) in [6, 6.07) is 14.7. The highest BCUT2D eigenvalue weighted by Crippen LogP contribution is 2.30. The first kappa shape index (κ1) is 30.2. The summed E-state index contributed by atoms with van der Waals surface area (Å²) in [6.07, 6.45) is 3.56. The highest BCUT2D eigenvalue weighted by Gasteiger charge is 2.23. The molecule has 0 fully saturated rings. The number of aromatic nitrogens is 5. The summed E-state index contributed by atoms with van der Waals surface area (Å²) in [6.45, 7) is 2.92. The Bertz CT molecular complexity index is 1560. The van der Waals surface area contributed by atoms with Gasteiger partial charge in [0.25, 0.3) is 17.8 Å². The van der Waals surface area contributed by atoms with E-state index >= 15 is 0 Å². The molecule has 0 bridgehead atoms. The number of carboxylic acids is 1. The molecular weight excluding hydrogens is 528 g/mol. The van der Waals surface area contributed by atoms with Crippen LogP contribution in [-0.2, 0) is 16.0 Å². The summed E-state index contributed by atoms with van der Waals surface area (Å²) in [5, 5.41) is 19.6. The number of ether oxygens (including phenoxy) is 1. The summed E-state index contributed by atoms with van der Waals surface area (Å²) in [5.41, 5.74) is 8.49. The largest absolute Gasteiger partial charge is 0.484 e. The van der Waals surface area contributed by atoms with E-state index in [-0.39, 0.29) is 30.2 Å². The Morgan fingerprint density at radius 3 is 2.37 bits per heavy atom. The van der Waals surface area contributed by atoms with Crippen molar-refractivity contribution in [2.75, 3.05) is 20.7 Å². The van der Waals surface area contributed by atoms with Gasteiger partial charge in [0.2, 0.25) is 0 Å². The maximum absolute atomic E-state index is 12.8. The van der Waals surface area contributed by atoms with E-state index in [1.165, 1.54) is 17.3 Å². The lowest BCUT2D eigenvalue weighted by Crippen LogP contribution is -2.27. The van der Waals surface area contributed by atoms with Crippen LogP contribution in [0.1, 0.15) is 40.9 Å². The van der Waals surface area contributed by atoms with Gasteiger partial charge in [0.1, 0.15) is 17.4 Å². The van der Waals surface area contributed by atoms with E-state index in [0.717, 1.165) is 28.3 Å². The number of amidine groups is 1. The standard InChI is InChI=1S/C26H28N8O3.C2H4O2/c1-16-11-19(14-20(12-16)37-15-22(35)33(2)3)21(13-17-5-7-18(8-6-17)23(27)28)24-31-26(36)34(32-24)25-29-9-4-10-30-25;1-2(3)4/h4-12,14,21H,13,15H2,1-3H3,(H3,27,28)(H,31,32,36);1H3,(H,3,4). The predicted octanol–water partition coefficient (Wildman–Crippen LogP) is 1.88. The molecule has 0 aliphatic heterocycles. The van der Waals surface area contributed by atoms with Gasteiger partial charge in [0.15, 0.2) is 6.61 Å². The molecule has 0 saturated heterocycles. The van der Waals surface area contributed by atoms with Gasteiger partial charge in [0.05, 0.1) is 0 Å². The van der Waals surface area contributed by atoms with Crippen molar-refractivity contribution < 1.29 is 19.4 Å². The Hall–Kier alpha value is -5.33. The van der Waals surface area contributed by atoms with Crippen LogP contribution in [0.25, 0.3) is 5.95 Å². The lowest BCUT2D eigenvalue weighted by atomic mass is 9.90. The van der Waals surface area contributed by atoms with Crippen molar-refractivity contribution >= 4 is 17.7 Å². The molecule has 1 amide bonds. The molecule has 0 aliphatic rings. The fraction of sp³-hybridized carbons (Fsp3) is 0.250. The molecule has 13 heteroatoms. The molecule has 2 aromatic carbocycles. The number of rotatable bonds is 9. The Kier molecular flexibility index (Phi) is 10.1. The topological polar surface area (TPSA) is 193 Å². The number of nitrogens with two attached hydrogens (primary N) is 1. The second kappa shape index (κ2) is 13.6. The minimum Gasteiger partial charge on any atom is -0.484 e. The fourth-order valence-electron chi connectivity index (χ4n) is 3.80. The zero-order valence-corrected chi connectivity index (χ0v) is 23.2. The van der Waals surface area contributed by atoms with E-state index in [1.807, 2.05) is 37.3 Å². The highest BCUT2D eigenvalue weighted by molar-refractivity contribution is 5.94. The summed E-state index contributed by atoms with van der Waals surface area (Å²) in [7, 11) is 3.34. The average molecular weight is 561 g/mol. The molecule has 41 heavy (non-hydrogen) atoms. The Balaban J connectivity index is 0.00000108. The van der Waals surface area contributed by atoms with Crippen molar-refractivity contribution in [3.05, 3.63) is 99.5 Å². The second-order valence-corrected chi connectivity index (χ2v) is 9.32. The smallest absolute Gasteiger partial charge is 0.350 e. The van der Waals surface area contributed by atoms with E-state index in [9.17, 15) is 9.59 Å². The molecule has 4 rings (SSSR count). The van der Waals surface area contributed by atoms with Gasteiger partial charge in [-0.2, -0.15) is 0 Å². The van der Waals surface area contributed by atoms with E-state index in [0.29, 0.717) is 23.6 Å². The van der Waals surface area contributed by atoms with Crippen LogP contribution in [0.15, 0.2) is 65.7 Å². The fourth-order valence-corrected chi connectivity index (χ4v) is 3.80. The van der Waals surface area contributed by atoms with E-state index in [1.54, 1.807) is 32.3 Å². The van der Waals surface area contributed by atoms with Gasteiger partial charge in [-0.15, -0.1) is 9.78 Å². The third-order valence-electron chi connectivity index (χ3n) is 5.75. The number of H-pyrrole nitrogens is 1. The van der Waals surface area contributed by atoms with Crippen LogP contribution in [0.4, 0.5) is 0 Å². The van der Waals surface area contributed by atoms with Gasteiger partial charge >= 0.3 is 5.69 Å². The number of hydrogen-bond acceptors (Lipinski definition) is 8. The number of aliphatic carboxylic acids is 1. The Labute approximate surface area is 236 Å². The number of nitrogen functional groups attached to an aromatic ring is 1. The molecule has 0 radical (unpaired) electrons. The third-order valence-corrected chi connectivity index (χ3v) is 5.75. The number of aryl methyl sites for hydroxylation is 1. The number of hydrogen-bond donors (Lipinski definition) is 4. The number of nitrogens with zero attached hydrogens (tertiary/aromatic N) is 5. The summed E-state index contributed by atoms with van der Waals surface area (Å²) < 4.78 is 6.91. The minimum atomic E-state index is -0.833. The first-order valence-electron chi connectivity index (χ1n) is 12.5. The number of carboxylic acid groups (broad SMARTS) is 1. The number of likely N-dealkylation sites (N-methyl/N-ethyl adjacent to an activating group) is 1. The van der Waals surface area contributed by atoms with E-state index in [4.69, 9.17) is 25.8 Å². The third kappa shape index (κ3) is 8.58. The highest BCUT2D eigenvalue weighted by atomic mass is 16.5. The molecule has 4 aromatic rings. The van der Waals surface area contributed by atoms with Gasteiger partial charge < -0.3 is 20.5 Å². The molecule has 1 unspecified atom stereocenters. The van der Waals surface area contributed by atoms with Gasteiger partial charge in [-0.3, -0.25) is 20.0 Å². The van der Waals surface area contributed by atoms with Gasteiger partial charge in [-0.25, -0.2) is 14.8 Å². The molecule has 1 atom stereocenters. The molecule has 0 spiro atoms. The Morgan fingerprint density at radius 2 is 1.78 bits per heavy atom. The molecule has 0 saturated carbocycles. The number of carbonyl (C=O) groups is 2. The van der Waals surface area contributed by atoms with Crippen LogP contribution in [0.5, 0.6) is 5.75 Å². The van der Waals surface area contributed by atoms with Crippen molar-refractivity contribution in [2.24, 2.45) is 5.73 Å². The van der Waals surface area contributed by atoms with Crippen molar-refractivity contribution in [2.45, 2.75) is 26.2 Å². The number of benzene rings is 2. The van der Waals surface area contributed by atoms with Crippen molar-refractivity contribution in [3.8, 4) is 11.7 Å². The number of amides is 1. The predicted molar refractivity (Wildman–Crippen MR) is 151 cm³/mol. The first-order valence-corrected chi connectivity index (χ1v) is 12.5. The maximum atomic E-state index is 12.8. The molecule has 2 heterocycles. The molecule has 5 N–H and O–H groups in total. The normalized spacial score (nSPS) is 11.1. The molecule has 13 nitrogen and oxygen atoms in total. The maximum Gasteiger partial charge on any atom is 0.350 e. The van der Waals surface area contributed by atoms with Crippen LogP contribution >= 0.6 is 0 Å². The Morgan fingerprint density at radius 1 is 1.15 bits per heavy atom. The van der Waals surface area contributed by atoms with Crippen molar-refractivity contribution in [1.82, 2.24) is 29.6 Å². The van der Waals surface area contributed by atoms with Crippen LogP contribution in [0.2, 0.25) is 0 Å². The lowest BCUT2D eigenvalue weighted by molar-refractivity contribution is -0.134. The number of aromatic amines is 1. The molecule has 0 aliphatic carbocycles. The zero-order chi connectivity index (χ0) is 30.1. The zero-order valence-electron chi connectivity index (χ0n) is 23.2. The van der Waals surface area contributed by atoms with Crippen LogP contribution in [-0.4, -0.2) is 73.2 Å². The summed E-state index contributed by atoms with van der Waals surface area (Å²) >= 11 is 0. The van der Waals surface area contributed by atoms with Crippen LogP contribution < -0.4 is 16.2 Å². The number of nitrogens with one attached hydrogen (secondary N) is 2. The summed E-state index contributed by atoms with van der Waals surface area (Å²) in [4.78, 5) is 46.4. The van der Waals surface area contributed by atoms with Gasteiger partial charge in [-0.05, 0) is 48.2 Å². The van der Waals surface area contributed by atoms with Crippen molar-refractivity contribution in [3.63, 3.8) is 0 Å². The van der Waals surface area contributed by atoms with Crippen LogP contribution in [0, 0.1) is 12.3 Å².